The standard InChI is InChI=1S/C13H21N3O6.H2O/c1-13(5-2-6-16(13)9(17)7-14)12(22)15-8(11(20)21)3-4-10(18)19;/h8H,2-7,14H2,1H3,(H,15,22)(H,18,19)(H,20,21);1H2/t8-,13-;/m0./s1. The highest BCUT2D eigenvalue weighted by molar-refractivity contribution is 5.94. The third-order valence-corrected chi connectivity index (χ3v) is 3.86. The molecule has 10 nitrogen and oxygen atoms in total. The molecule has 0 aromatic rings. The number of hydrogen-bond donors (Lipinski definition) is 4. The Morgan fingerprint density at radius 3 is 2.39 bits per heavy atom. The summed E-state index contributed by atoms with van der Waals surface area (Å²) in [6, 6.07) is -1.31. The van der Waals surface area contributed by atoms with Crippen LogP contribution in [-0.4, -0.2) is 69.0 Å². The Kier molecular flexibility index (Phi) is 7.63. The molecule has 23 heavy (non-hydrogen) atoms. The number of carboxylic acid groups (broad SMARTS) is 2. The van der Waals surface area contributed by atoms with Crippen molar-refractivity contribution in [3.63, 3.8) is 0 Å². The topological polar surface area (TPSA) is 182 Å². The van der Waals surface area contributed by atoms with E-state index in [1.807, 2.05) is 0 Å². The second-order valence-electron chi connectivity index (χ2n) is 5.42. The van der Waals surface area contributed by atoms with Crippen LogP contribution in [0.4, 0.5) is 0 Å². The molecule has 1 saturated heterocycles. The number of amides is 2. The number of hydrogen-bond acceptors (Lipinski definition) is 5. The van der Waals surface area contributed by atoms with Crippen molar-refractivity contribution in [3.8, 4) is 0 Å². The fourth-order valence-corrected chi connectivity index (χ4v) is 2.55. The minimum atomic E-state index is -1.31. The Hall–Kier alpha value is -2.20. The third kappa shape index (κ3) is 4.89. The molecule has 7 N–H and O–H groups in total. The summed E-state index contributed by atoms with van der Waals surface area (Å²) in [4.78, 5) is 47.2. The molecule has 1 fully saturated rings. The van der Waals surface area contributed by atoms with Crippen molar-refractivity contribution in [1.29, 1.82) is 0 Å². The van der Waals surface area contributed by atoms with E-state index < -0.39 is 29.4 Å². The lowest BCUT2D eigenvalue weighted by atomic mass is 9.96. The summed E-state index contributed by atoms with van der Waals surface area (Å²) in [5.41, 5.74) is 4.16. The highest BCUT2D eigenvalue weighted by Crippen LogP contribution is 2.29. The predicted octanol–water partition coefficient (Wildman–Crippen LogP) is -2.06. The van der Waals surface area contributed by atoms with Gasteiger partial charge in [0, 0.05) is 13.0 Å². The highest BCUT2D eigenvalue weighted by Gasteiger charge is 2.46. The third-order valence-electron chi connectivity index (χ3n) is 3.86. The van der Waals surface area contributed by atoms with E-state index in [2.05, 4.69) is 5.32 Å². The van der Waals surface area contributed by atoms with Crippen LogP contribution in [0, 0.1) is 0 Å². The van der Waals surface area contributed by atoms with Crippen molar-refractivity contribution in [1.82, 2.24) is 10.2 Å². The fraction of sp³-hybridized carbons (Fsp3) is 0.692. The Balaban J connectivity index is 0.00000484. The van der Waals surface area contributed by atoms with Gasteiger partial charge in [0.15, 0.2) is 0 Å². The van der Waals surface area contributed by atoms with E-state index in [4.69, 9.17) is 15.9 Å². The van der Waals surface area contributed by atoms with E-state index in [1.54, 1.807) is 6.92 Å². The Morgan fingerprint density at radius 2 is 1.91 bits per heavy atom. The van der Waals surface area contributed by atoms with E-state index in [-0.39, 0.29) is 30.8 Å². The maximum Gasteiger partial charge on any atom is 0.326 e. The van der Waals surface area contributed by atoms with Crippen LogP contribution >= 0.6 is 0 Å². The zero-order chi connectivity index (χ0) is 16.9. The van der Waals surface area contributed by atoms with Crippen LogP contribution in [-0.2, 0) is 19.2 Å². The number of carbonyl (C=O) groups is 4. The summed E-state index contributed by atoms with van der Waals surface area (Å²) in [6.07, 6.45) is 0.412. The number of nitrogens with one attached hydrogen (secondary N) is 1. The summed E-state index contributed by atoms with van der Waals surface area (Å²) in [5, 5.41) is 20.0. The van der Waals surface area contributed by atoms with Crippen molar-refractivity contribution in [3.05, 3.63) is 0 Å². The van der Waals surface area contributed by atoms with Gasteiger partial charge >= 0.3 is 11.9 Å². The molecule has 1 aliphatic rings. The molecule has 1 rings (SSSR count). The molecule has 0 saturated carbocycles. The minimum absolute atomic E-state index is 0. The molecule has 2 atom stereocenters. The van der Waals surface area contributed by atoms with E-state index in [0.717, 1.165) is 0 Å². The maximum atomic E-state index is 12.4. The monoisotopic (exact) mass is 333 g/mol. The minimum Gasteiger partial charge on any atom is -0.481 e. The van der Waals surface area contributed by atoms with Crippen LogP contribution in [0.5, 0.6) is 0 Å². The molecular weight excluding hydrogens is 310 g/mol. The van der Waals surface area contributed by atoms with Gasteiger partial charge in [-0.05, 0) is 26.2 Å². The normalized spacial score (nSPS) is 21.2. The quantitative estimate of drug-likeness (QED) is 0.413. The molecule has 1 aliphatic heterocycles. The number of aliphatic carboxylic acids is 2. The number of nitrogens with zero attached hydrogens (tertiary/aromatic N) is 1. The summed E-state index contributed by atoms with van der Waals surface area (Å²) in [6.45, 7) is 1.70. The molecule has 0 radical (unpaired) electrons. The second kappa shape index (κ2) is 8.44. The van der Waals surface area contributed by atoms with Gasteiger partial charge in [-0.3, -0.25) is 14.4 Å². The van der Waals surface area contributed by atoms with Gasteiger partial charge in [0.2, 0.25) is 11.8 Å². The van der Waals surface area contributed by atoms with Crippen LogP contribution < -0.4 is 11.1 Å². The number of rotatable bonds is 7. The van der Waals surface area contributed by atoms with Gasteiger partial charge in [-0.1, -0.05) is 0 Å². The molecule has 0 aliphatic carbocycles. The largest absolute Gasteiger partial charge is 0.481 e. The molecule has 1 heterocycles. The first kappa shape index (κ1) is 20.8. The summed E-state index contributed by atoms with van der Waals surface area (Å²) in [7, 11) is 0. The highest BCUT2D eigenvalue weighted by atomic mass is 16.4. The molecule has 0 unspecified atom stereocenters. The zero-order valence-corrected chi connectivity index (χ0v) is 12.9. The fourth-order valence-electron chi connectivity index (χ4n) is 2.55. The SMILES string of the molecule is C[C@@]1(C(=O)N[C@@H](CCC(=O)O)C(=O)O)CCCN1C(=O)CN.O. The van der Waals surface area contributed by atoms with Gasteiger partial charge in [-0.25, -0.2) is 4.79 Å². The molecule has 0 aromatic carbocycles. The molecule has 0 bridgehead atoms. The van der Waals surface area contributed by atoms with Gasteiger partial charge in [0.1, 0.15) is 11.6 Å². The summed E-state index contributed by atoms with van der Waals surface area (Å²) < 4.78 is 0. The van der Waals surface area contributed by atoms with Gasteiger partial charge in [-0.15, -0.1) is 0 Å². The van der Waals surface area contributed by atoms with Gasteiger partial charge in [-0.2, -0.15) is 0 Å². The average molecular weight is 333 g/mol. The summed E-state index contributed by atoms with van der Waals surface area (Å²) >= 11 is 0. The van der Waals surface area contributed by atoms with E-state index >= 15 is 0 Å². The molecule has 0 aromatic heterocycles. The Morgan fingerprint density at radius 1 is 1.30 bits per heavy atom. The van der Waals surface area contributed by atoms with Crippen molar-refractivity contribution in [2.75, 3.05) is 13.1 Å². The number of carbonyl (C=O) groups excluding carboxylic acids is 2. The summed E-state index contributed by atoms with van der Waals surface area (Å²) in [5.74, 6) is -3.45. The van der Waals surface area contributed by atoms with Crippen LogP contribution in [0.25, 0.3) is 0 Å². The number of carboxylic acids is 2. The van der Waals surface area contributed by atoms with Gasteiger partial charge in [0.05, 0.1) is 6.54 Å². The lowest BCUT2D eigenvalue weighted by Crippen LogP contribution is -2.59. The average Bonchev–Trinajstić information content (AvgIpc) is 2.85. The number of nitrogens with two attached hydrogens (primary N) is 1. The van der Waals surface area contributed by atoms with Crippen LogP contribution in [0.3, 0.4) is 0 Å². The molecule has 0 spiro atoms. The Labute approximate surface area is 132 Å². The van der Waals surface area contributed by atoms with Crippen molar-refractivity contribution in [2.45, 2.75) is 44.2 Å². The lowest BCUT2D eigenvalue weighted by Gasteiger charge is -2.34. The van der Waals surface area contributed by atoms with Crippen molar-refractivity contribution in [2.24, 2.45) is 5.73 Å². The van der Waals surface area contributed by atoms with E-state index in [9.17, 15) is 19.2 Å². The Bertz CT molecular complexity index is 482. The van der Waals surface area contributed by atoms with Gasteiger partial charge < -0.3 is 31.6 Å². The molecule has 2 amide bonds. The second-order valence-corrected chi connectivity index (χ2v) is 5.42. The lowest BCUT2D eigenvalue weighted by molar-refractivity contribution is -0.147. The van der Waals surface area contributed by atoms with Crippen molar-refractivity contribution < 1.29 is 34.9 Å². The smallest absolute Gasteiger partial charge is 0.326 e. The van der Waals surface area contributed by atoms with E-state index in [0.29, 0.717) is 19.4 Å². The first-order valence-corrected chi connectivity index (χ1v) is 6.98. The molecule has 10 heteroatoms. The van der Waals surface area contributed by atoms with E-state index in [1.165, 1.54) is 4.90 Å². The molecular formula is C13H23N3O7. The van der Waals surface area contributed by atoms with Crippen molar-refractivity contribution >= 4 is 23.8 Å². The first-order chi connectivity index (χ1) is 10.2. The molecule has 132 valence electrons. The predicted molar refractivity (Wildman–Crippen MR) is 78.5 cm³/mol. The van der Waals surface area contributed by atoms with Gasteiger partial charge in [0.25, 0.3) is 0 Å². The number of likely N-dealkylation sites (tertiary alicyclic amines) is 1. The maximum absolute atomic E-state index is 12.4. The zero-order valence-electron chi connectivity index (χ0n) is 12.9. The van der Waals surface area contributed by atoms with Crippen LogP contribution in [0.1, 0.15) is 32.6 Å². The first-order valence-electron chi connectivity index (χ1n) is 6.98. The van der Waals surface area contributed by atoms with Crippen LogP contribution in [0.15, 0.2) is 0 Å². The van der Waals surface area contributed by atoms with Crippen LogP contribution in [0.2, 0.25) is 0 Å².